The van der Waals surface area contributed by atoms with Crippen molar-refractivity contribution in [3.63, 3.8) is 0 Å². The van der Waals surface area contributed by atoms with Crippen molar-refractivity contribution in [3.05, 3.63) is 53.9 Å². The van der Waals surface area contributed by atoms with Crippen LogP contribution in [0.5, 0.6) is 0 Å². The molecule has 0 amide bonds. The fourth-order valence-corrected chi connectivity index (χ4v) is 2.15. The summed E-state index contributed by atoms with van der Waals surface area (Å²) in [5.74, 6) is 0.168. The maximum absolute atomic E-state index is 14.0. The van der Waals surface area contributed by atoms with Gasteiger partial charge in [-0.3, -0.25) is 0 Å². The molecule has 0 aliphatic rings. The van der Waals surface area contributed by atoms with Crippen LogP contribution in [0.25, 0.3) is 11.0 Å². The fourth-order valence-electron chi connectivity index (χ4n) is 2.15. The van der Waals surface area contributed by atoms with Crippen LogP contribution in [-0.4, -0.2) is 19.7 Å². The van der Waals surface area contributed by atoms with Gasteiger partial charge < -0.3 is 4.57 Å². The predicted molar refractivity (Wildman–Crippen MR) is 70.1 cm³/mol. The third kappa shape index (κ3) is 2.10. The zero-order chi connectivity index (χ0) is 13.9. The van der Waals surface area contributed by atoms with E-state index in [1.54, 1.807) is 35.0 Å². The molecule has 0 aliphatic heterocycles. The second-order valence-corrected chi connectivity index (χ2v) is 4.27. The van der Waals surface area contributed by atoms with Gasteiger partial charge in [0.15, 0.2) is 0 Å². The Morgan fingerprint density at radius 3 is 2.90 bits per heavy atom. The van der Waals surface area contributed by atoms with Crippen LogP contribution >= 0.6 is 0 Å². The van der Waals surface area contributed by atoms with Crippen molar-refractivity contribution in [1.29, 1.82) is 5.26 Å². The van der Waals surface area contributed by atoms with Gasteiger partial charge in [0.2, 0.25) is 0 Å². The van der Waals surface area contributed by atoms with Crippen LogP contribution in [0.15, 0.2) is 36.5 Å². The van der Waals surface area contributed by atoms with E-state index in [2.05, 4.69) is 15.2 Å². The van der Waals surface area contributed by atoms with E-state index in [9.17, 15) is 4.39 Å². The van der Waals surface area contributed by atoms with Gasteiger partial charge in [-0.25, -0.2) is 9.37 Å². The zero-order valence-electron chi connectivity index (χ0n) is 10.5. The molecule has 2 heterocycles. The van der Waals surface area contributed by atoms with Crippen molar-refractivity contribution < 1.29 is 4.39 Å². The first-order chi connectivity index (χ1) is 9.79. The van der Waals surface area contributed by atoms with Gasteiger partial charge in [0, 0.05) is 6.20 Å². The number of para-hydroxylation sites is 1. The minimum Gasteiger partial charge on any atom is -0.319 e. The summed E-state index contributed by atoms with van der Waals surface area (Å²) in [6.45, 7) is 0.336. The highest BCUT2D eigenvalue weighted by molar-refractivity contribution is 5.76. The maximum atomic E-state index is 14.0. The number of hydrogen-bond acceptors (Lipinski definition) is 4. The second kappa shape index (κ2) is 5.05. The Bertz CT molecular complexity index is 788. The molecule has 0 aliphatic carbocycles. The molecular weight excluding hydrogens is 257 g/mol. The second-order valence-electron chi connectivity index (χ2n) is 4.27. The van der Waals surface area contributed by atoms with Crippen molar-refractivity contribution in [3.8, 4) is 6.07 Å². The Balaban J connectivity index is 2.16. The predicted octanol–water partition coefficient (Wildman–Crippen LogP) is 2.08. The van der Waals surface area contributed by atoms with Crippen LogP contribution in [0.3, 0.4) is 0 Å². The smallest absolute Gasteiger partial charge is 0.149 e. The average Bonchev–Trinajstić information content (AvgIpc) is 2.80. The summed E-state index contributed by atoms with van der Waals surface area (Å²) in [5, 5.41) is 16.7. The first-order valence-corrected chi connectivity index (χ1v) is 6.07. The lowest BCUT2D eigenvalue weighted by molar-refractivity contribution is 0.623. The summed E-state index contributed by atoms with van der Waals surface area (Å²) in [4.78, 5) is 4.31. The third-order valence-corrected chi connectivity index (χ3v) is 2.98. The number of nitrogens with zero attached hydrogens (tertiary/aromatic N) is 5. The monoisotopic (exact) mass is 267 g/mol. The molecule has 1 aromatic carbocycles. The Labute approximate surface area is 114 Å². The Morgan fingerprint density at radius 2 is 2.15 bits per heavy atom. The molecule has 0 atom stereocenters. The number of nitriles is 1. The number of fused-ring (bicyclic) bond motifs is 1. The van der Waals surface area contributed by atoms with E-state index in [1.807, 2.05) is 6.07 Å². The van der Waals surface area contributed by atoms with Crippen molar-refractivity contribution >= 4 is 11.0 Å². The zero-order valence-corrected chi connectivity index (χ0v) is 10.5. The van der Waals surface area contributed by atoms with Crippen molar-refractivity contribution in [2.75, 3.05) is 0 Å². The summed E-state index contributed by atoms with van der Waals surface area (Å²) in [6, 6.07) is 10.3. The molecule has 3 aromatic rings. The van der Waals surface area contributed by atoms with Crippen LogP contribution in [0.4, 0.5) is 4.39 Å². The maximum Gasteiger partial charge on any atom is 0.149 e. The van der Waals surface area contributed by atoms with E-state index in [-0.39, 0.29) is 12.2 Å². The van der Waals surface area contributed by atoms with E-state index in [4.69, 9.17) is 5.26 Å². The number of aromatic nitrogens is 4. The Hall–Kier alpha value is -2.81. The molecular formula is C14H10FN5. The molecule has 5 nitrogen and oxygen atoms in total. The molecule has 0 saturated carbocycles. The molecule has 3 rings (SSSR count). The minimum atomic E-state index is -0.358. The van der Waals surface area contributed by atoms with E-state index < -0.39 is 0 Å². The summed E-state index contributed by atoms with van der Waals surface area (Å²) in [5.41, 5.74) is 1.62. The SMILES string of the molecule is N#CCc1nc2cccc(F)c2n1Cc1cccnn1. The van der Waals surface area contributed by atoms with Crippen molar-refractivity contribution in [2.24, 2.45) is 0 Å². The fraction of sp³-hybridized carbons (Fsp3) is 0.143. The molecule has 0 bridgehead atoms. The topological polar surface area (TPSA) is 67.4 Å². The van der Waals surface area contributed by atoms with Crippen LogP contribution in [-0.2, 0) is 13.0 Å². The van der Waals surface area contributed by atoms with E-state index in [0.29, 0.717) is 29.1 Å². The van der Waals surface area contributed by atoms with Gasteiger partial charge in [-0.05, 0) is 24.3 Å². The van der Waals surface area contributed by atoms with Gasteiger partial charge in [0.05, 0.1) is 30.2 Å². The molecule has 98 valence electrons. The number of halogens is 1. The largest absolute Gasteiger partial charge is 0.319 e. The molecule has 0 unspecified atom stereocenters. The molecule has 0 radical (unpaired) electrons. The van der Waals surface area contributed by atoms with Gasteiger partial charge in [-0.2, -0.15) is 15.5 Å². The highest BCUT2D eigenvalue weighted by atomic mass is 19.1. The minimum absolute atomic E-state index is 0.119. The van der Waals surface area contributed by atoms with Crippen LogP contribution in [0, 0.1) is 17.1 Å². The normalized spacial score (nSPS) is 10.6. The van der Waals surface area contributed by atoms with E-state index >= 15 is 0 Å². The summed E-state index contributed by atoms with van der Waals surface area (Å²) >= 11 is 0. The van der Waals surface area contributed by atoms with E-state index in [0.717, 1.165) is 0 Å². The highest BCUT2D eigenvalue weighted by Crippen LogP contribution is 2.20. The summed E-state index contributed by atoms with van der Waals surface area (Å²) < 4.78 is 15.7. The van der Waals surface area contributed by atoms with Gasteiger partial charge in [0.1, 0.15) is 17.2 Å². The molecule has 0 spiro atoms. The number of benzene rings is 1. The van der Waals surface area contributed by atoms with Crippen LogP contribution in [0.2, 0.25) is 0 Å². The van der Waals surface area contributed by atoms with Crippen molar-refractivity contribution in [2.45, 2.75) is 13.0 Å². The molecule has 0 fully saturated rings. The van der Waals surface area contributed by atoms with Gasteiger partial charge in [0.25, 0.3) is 0 Å². The van der Waals surface area contributed by atoms with Crippen molar-refractivity contribution in [1.82, 2.24) is 19.7 Å². The highest BCUT2D eigenvalue weighted by Gasteiger charge is 2.14. The van der Waals surface area contributed by atoms with Gasteiger partial charge in [-0.15, -0.1) is 0 Å². The van der Waals surface area contributed by atoms with E-state index in [1.165, 1.54) is 6.07 Å². The molecule has 0 saturated heterocycles. The number of imidazole rings is 1. The molecule has 0 N–H and O–H groups in total. The lowest BCUT2D eigenvalue weighted by atomic mass is 10.3. The number of hydrogen-bond donors (Lipinski definition) is 0. The third-order valence-electron chi connectivity index (χ3n) is 2.98. The van der Waals surface area contributed by atoms with Crippen LogP contribution in [0.1, 0.15) is 11.5 Å². The average molecular weight is 267 g/mol. The Morgan fingerprint density at radius 1 is 1.25 bits per heavy atom. The summed E-state index contributed by atoms with van der Waals surface area (Å²) in [6.07, 6.45) is 1.70. The lowest BCUT2D eigenvalue weighted by Crippen LogP contribution is -2.07. The lowest BCUT2D eigenvalue weighted by Gasteiger charge is -2.06. The summed E-state index contributed by atoms with van der Waals surface area (Å²) in [7, 11) is 0. The first-order valence-electron chi connectivity index (χ1n) is 6.07. The van der Waals surface area contributed by atoms with Gasteiger partial charge in [-0.1, -0.05) is 6.07 Å². The standard InChI is InChI=1S/C14H10FN5/c15-11-4-1-5-12-14(11)20(13(18-12)6-7-16)9-10-3-2-8-17-19-10/h1-5,8H,6,9H2. The first kappa shape index (κ1) is 12.2. The molecule has 20 heavy (non-hydrogen) atoms. The Kier molecular flexibility index (Phi) is 3.09. The molecule has 2 aromatic heterocycles. The number of rotatable bonds is 3. The quantitative estimate of drug-likeness (QED) is 0.728. The molecule has 6 heteroatoms. The van der Waals surface area contributed by atoms with Crippen LogP contribution < -0.4 is 0 Å². The van der Waals surface area contributed by atoms with Gasteiger partial charge >= 0.3 is 0 Å².